The minimum absolute atomic E-state index is 0.150. The predicted octanol–water partition coefficient (Wildman–Crippen LogP) is -2.62. The van der Waals surface area contributed by atoms with Gasteiger partial charge in [0.2, 0.25) is 11.6 Å². The molecular weight excluding hydrogens is 296 g/mol. The summed E-state index contributed by atoms with van der Waals surface area (Å²) in [6, 6.07) is -1.35. The Balaban J connectivity index is 0.000000433. The quantitative estimate of drug-likeness (QED) is 0.192. The second-order valence-electron chi connectivity index (χ2n) is 5.78. The van der Waals surface area contributed by atoms with E-state index in [2.05, 4.69) is 6.92 Å². The predicted molar refractivity (Wildman–Crippen MR) is 77.7 cm³/mol. The van der Waals surface area contributed by atoms with E-state index < -0.39 is 36.1 Å². The molecule has 1 saturated carbocycles. The van der Waals surface area contributed by atoms with Gasteiger partial charge in [0.25, 0.3) is 5.79 Å². The first-order valence-electron chi connectivity index (χ1n) is 7.43. The third-order valence-corrected chi connectivity index (χ3v) is 3.75. The van der Waals surface area contributed by atoms with Gasteiger partial charge in [-0.25, -0.2) is 0 Å². The smallest absolute Gasteiger partial charge is 0.275 e. The molecule has 9 heteroatoms. The summed E-state index contributed by atoms with van der Waals surface area (Å²) in [7, 11) is 0. The second-order valence-corrected chi connectivity index (χ2v) is 5.78. The number of unbranched alkanes of at least 4 members (excludes halogenated alkanes) is 3. The molecule has 0 saturated heterocycles. The van der Waals surface area contributed by atoms with E-state index in [0.717, 1.165) is 12.8 Å². The zero-order valence-corrected chi connectivity index (χ0v) is 12.9. The highest BCUT2D eigenvalue weighted by Crippen LogP contribution is 2.38. The van der Waals surface area contributed by atoms with Gasteiger partial charge in [0.15, 0.2) is 0 Å². The van der Waals surface area contributed by atoms with Crippen LogP contribution in [0.4, 0.5) is 0 Å². The van der Waals surface area contributed by atoms with Gasteiger partial charge in [0.1, 0.15) is 6.23 Å². The fourth-order valence-corrected chi connectivity index (χ4v) is 2.07. The largest absolute Gasteiger partial charge is 0.379 e. The van der Waals surface area contributed by atoms with Crippen LogP contribution in [0.5, 0.6) is 0 Å². The molecule has 2 unspecified atom stereocenters. The van der Waals surface area contributed by atoms with Crippen molar-refractivity contribution in [3.05, 3.63) is 0 Å². The number of aliphatic hydroxyl groups is 7. The maximum Gasteiger partial charge on any atom is 0.275 e. The molecule has 0 aromatic heterocycles. The Kier molecular flexibility index (Phi) is 8.34. The summed E-state index contributed by atoms with van der Waals surface area (Å²) < 4.78 is 0. The highest BCUT2D eigenvalue weighted by Gasteiger charge is 2.66. The number of aliphatic hydroxyl groups excluding tert-OH is 1. The van der Waals surface area contributed by atoms with E-state index >= 15 is 0 Å². The van der Waals surface area contributed by atoms with Gasteiger partial charge in [-0.15, -0.1) is 0 Å². The Labute approximate surface area is 129 Å². The van der Waals surface area contributed by atoms with Crippen LogP contribution in [-0.2, 0) is 0 Å². The molecule has 1 fully saturated rings. The Bertz CT molecular complexity index is 322. The Morgan fingerprint density at radius 2 is 1.59 bits per heavy atom. The van der Waals surface area contributed by atoms with Gasteiger partial charge in [0.05, 0.1) is 6.04 Å². The molecule has 134 valence electrons. The van der Waals surface area contributed by atoms with Gasteiger partial charge in [0, 0.05) is 6.42 Å². The third-order valence-electron chi connectivity index (χ3n) is 3.75. The van der Waals surface area contributed by atoms with Gasteiger partial charge >= 0.3 is 0 Å². The molecule has 0 radical (unpaired) electrons. The fourth-order valence-electron chi connectivity index (χ4n) is 2.07. The van der Waals surface area contributed by atoms with Crippen LogP contribution in [0.2, 0.25) is 0 Å². The summed E-state index contributed by atoms with van der Waals surface area (Å²) in [5.41, 5.74) is 10.3. The lowest BCUT2D eigenvalue weighted by Crippen LogP contribution is -2.76. The van der Waals surface area contributed by atoms with Crippen molar-refractivity contribution >= 4 is 0 Å². The maximum atomic E-state index is 9.12. The number of hydrogen-bond donors (Lipinski definition) is 9. The van der Waals surface area contributed by atoms with Crippen molar-refractivity contribution in [2.75, 3.05) is 0 Å². The van der Waals surface area contributed by atoms with Gasteiger partial charge in [-0.1, -0.05) is 26.2 Å². The van der Waals surface area contributed by atoms with Crippen LogP contribution in [0.3, 0.4) is 0 Å². The van der Waals surface area contributed by atoms with Crippen LogP contribution < -0.4 is 11.5 Å². The normalized spacial score (nSPS) is 26.7. The summed E-state index contributed by atoms with van der Waals surface area (Å²) in [5.74, 6) is -9.58. The van der Waals surface area contributed by atoms with Crippen LogP contribution in [-0.4, -0.2) is 65.4 Å². The molecule has 11 N–H and O–H groups in total. The van der Waals surface area contributed by atoms with Crippen molar-refractivity contribution in [1.82, 2.24) is 0 Å². The Morgan fingerprint density at radius 1 is 1.05 bits per heavy atom. The molecule has 0 amide bonds. The maximum absolute atomic E-state index is 9.12. The molecule has 0 aromatic rings. The highest BCUT2D eigenvalue weighted by atomic mass is 16.7. The molecule has 1 aliphatic rings. The van der Waals surface area contributed by atoms with Crippen LogP contribution in [0.15, 0.2) is 0 Å². The van der Waals surface area contributed by atoms with Gasteiger partial charge < -0.3 is 47.2 Å². The molecule has 0 heterocycles. The highest BCUT2D eigenvalue weighted by molar-refractivity contribution is 5.03. The summed E-state index contributed by atoms with van der Waals surface area (Å²) >= 11 is 0. The average molecular weight is 326 g/mol. The summed E-state index contributed by atoms with van der Waals surface area (Å²) in [6.07, 6.45) is 4.30. The van der Waals surface area contributed by atoms with Crippen LogP contribution in [0.1, 0.15) is 51.9 Å². The third kappa shape index (κ3) is 5.37. The molecule has 9 nitrogen and oxygen atoms in total. The average Bonchev–Trinajstić information content (AvgIpc) is 2.39. The summed E-state index contributed by atoms with van der Waals surface area (Å²) in [4.78, 5) is 0. The lowest BCUT2D eigenvalue weighted by molar-refractivity contribution is -0.469. The summed E-state index contributed by atoms with van der Waals surface area (Å²) in [5, 5.41) is 63.1. The second kappa shape index (κ2) is 8.48. The first-order chi connectivity index (χ1) is 9.90. The SMILES string of the molecule is CCCCCCC(N)O.NC1CCC(O)(O)C(O)(O)C1(O)O. The lowest BCUT2D eigenvalue weighted by Gasteiger charge is -2.49. The molecule has 0 spiro atoms. The van der Waals surface area contributed by atoms with E-state index in [4.69, 9.17) is 47.2 Å². The number of nitrogens with two attached hydrogens (primary N) is 2. The Hall–Kier alpha value is -0.360. The monoisotopic (exact) mass is 326 g/mol. The van der Waals surface area contributed by atoms with Crippen LogP contribution >= 0.6 is 0 Å². The van der Waals surface area contributed by atoms with Crippen molar-refractivity contribution in [3.8, 4) is 0 Å². The standard InChI is InChI=1S/C7H17NO.C6H13NO6/c1-2-3-4-5-6-7(8)9;7-3-1-2-4(8,9)6(12,13)5(3,10)11/h7,9H,2-6,8H2,1H3;3,8-13H,1-2,7H2. The molecular formula is C13H30N2O7. The van der Waals surface area contributed by atoms with Crippen molar-refractivity contribution in [3.63, 3.8) is 0 Å². The molecule has 0 aromatic carbocycles. The van der Waals surface area contributed by atoms with Gasteiger partial charge in [-0.05, 0) is 19.3 Å². The van der Waals surface area contributed by atoms with Crippen LogP contribution in [0.25, 0.3) is 0 Å². The van der Waals surface area contributed by atoms with E-state index in [1.54, 1.807) is 0 Å². The first kappa shape index (κ1) is 21.6. The molecule has 2 atom stereocenters. The minimum Gasteiger partial charge on any atom is -0.379 e. The van der Waals surface area contributed by atoms with E-state index in [1.165, 1.54) is 19.3 Å². The fraction of sp³-hybridized carbons (Fsp3) is 1.00. The Morgan fingerprint density at radius 3 is 2.00 bits per heavy atom. The minimum atomic E-state index is -3.46. The molecule has 1 aliphatic carbocycles. The van der Waals surface area contributed by atoms with Gasteiger partial charge in [-0.2, -0.15) is 0 Å². The number of rotatable bonds is 5. The van der Waals surface area contributed by atoms with Crippen molar-refractivity contribution < 1.29 is 35.7 Å². The zero-order chi connectivity index (χ0) is 17.6. The van der Waals surface area contributed by atoms with E-state index in [9.17, 15) is 0 Å². The van der Waals surface area contributed by atoms with Crippen molar-refractivity contribution in [1.29, 1.82) is 0 Å². The van der Waals surface area contributed by atoms with E-state index in [0.29, 0.717) is 0 Å². The van der Waals surface area contributed by atoms with E-state index in [-0.39, 0.29) is 6.42 Å². The molecule has 0 aliphatic heterocycles. The lowest BCUT2D eigenvalue weighted by atomic mass is 9.79. The molecule has 0 bridgehead atoms. The van der Waals surface area contributed by atoms with Gasteiger partial charge in [-0.3, -0.25) is 0 Å². The topological polar surface area (TPSA) is 194 Å². The molecule has 1 rings (SSSR count). The van der Waals surface area contributed by atoms with Crippen LogP contribution in [0, 0.1) is 0 Å². The zero-order valence-electron chi connectivity index (χ0n) is 12.9. The first-order valence-corrected chi connectivity index (χ1v) is 7.43. The summed E-state index contributed by atoms with van der Waals surface area (Å²) in [6.45, 7) is 2.17. The van der Waals surface area contributed by atoms with Crippen molar-refractivity contribution in [2.45, 2.75) is 81.5 Å². The number of hydrogen-bond acceptors (Lipinski definition) is 9. The molecule has 22 heavy (non-hydrogen) atoms. The van der Waals surface area contributed by atoms with Crippen molar-refractivity contribution in [2.24, 2.45) is 11.5 Å². The van der Waals surface area contributed by atoms with E-state index in [1.807, 2.05) is 0 Å².